The molecule has 3 rings (SSSR count). The molecule has 0 aliphatic heterocycles. The van der Waals surface area contributed by atoms with Gasteiger partial charge in [-0.25, -0.2) is 4.98 Å². The molecule has 1 N–H and O–H groups in total. The second kappa shape index (κ2) is 9.69. The quantitative estimate of drug-likeness (QED) is 0.524. The summed E-state index contributed by atoms with van der Waals surface area (Å²) in [5.41, 5.74) is 1.11. The Bertz CT molecular complexity index is 1140. The molecule has 2 amide bonds. The lowest BCUT2D eigenvalue weighted by atomic mass is 10.1. The largest absolute Gasteiger partial charge is 0.573 e. The number of halogens is 4. The molecule has 10 heteroatoms. The fourth-order valence-electron chi connectivity index (χ4n) is 2.93. The molecule has 0 aliphatic carbocycles. The van der Waals surface area contributed by atoms with Crippen LogP contribution in [0.2, 0.25) is 5.02 Å². The number of ether oxygens (including phenoxy) is 1. The smallest absolute Gasteiger partial charge is 0.406 e. The number of aromatic nitrogens is 1. The number of carbonyl (C=O) groups is 2. The van der Waals surface area contributed by atoms with Crippen molar-refractivity contribution in [2.75, 3.05) is 10.2 Å². The summed E-state index contributed by atoms with van der Waals surface area (Å²) >= 11 is 6.08. The van der Waals surface area contributed by atoms with E-state index in [0.717, 1.165) is 17.0 Å². The molecule has 0 unspecified atom stereocenters. The molecule has 0 aliphatic rings. The standard InChI is InChI=1S/C22H17ClF3N3O3/c1-14(30)29(17-6-4-7-18(13-17)32-22(24,25)26)20-12-16(9-10-27-20)28-21(31)11-15-5-2-3-8-19(15)23/h2-10,12-13H,11H2,1H3,(H,27,28,31). The monoisotopic (exact) mass is 463 g/mol. The molecule has 1 aromatic heterocycles. The van der Waals surface area contributed by atoms with Crippen LogP contribution in [0.15, 0.2) is 66.9 Å². The molecule has 6 nitrogen and oxygen atoms in total. The summed E-state index contributed by atoms with van der Waals surface area (Å²) in [6.45, 7) is 1.24. The predicted octanol–water partition coefficient (Wildman–Crippen LogP) is 5.50. The predicted molar refractivity (Wildman–Crippen MR) is 114 cm³/mol. The van der Waals surface area contributed by atoms with Crippen LogP contribution >= 0.6 is 11.6 Å². The highest BCUT2D eigenvalue weighted by Gasteiger charge is 2.31. The topological polar surface area (TPSA) is 71.5 Å². The second-order valence-corrected chi connectivity index (χ2v) is 7.03. The number of anilines is 3. The Labute approximate surface area is 186 Å². The summed E-state index contributed by atoms with van der Waals surface area (Å²) in [6.07, 6.45) is -3.47. The number of nitrogens with zero attached hydrogens (tertiary/aromatic N) is 2. The summed E-state index contributed by atoms with van der Waals surface area (Å²) < 4.78 is 41.6. The third-order valence-electron chi connectivity index (χ3n) is 4.19. The van der Waals surface area contributed by atoms with Gasteiger partial charge in [-0.3, -0.25) is 14.5 Å². The van der Waals surface area contributed by atoms with E-state index in [1.807, 2.05) is 0 Å². The highest BCUT2D eigenvalue weighted by Crippen LogP contribution is 2.31. The number of nitrogens with one attached hydrogen (secondary N) is 1. The number of hydrogen-bond acceptors (Lipinski definition) is 4. The molecule has 0 radical (unpaired) electrons. The van der Waals surface area contributed by atoms with Gasteiger partial charge in [0.2, 0.25) is 11.8 Å². The van der Waals surface area contributed by atoms with Gasteiger partial charge in [-0.2, -0.15) is 0 Å². The van der Waals surface area contributed by atoms with E-state index in [0.29, 0.717) is 16.3 Å². The summed E-state index contributed by atoms with van der Waals surface area (Å²) in [6, 6.07) is 14.8. The van der Waals surface area contributed by atoms with Gasteiger partial charge in [0.25, 0.3) is 0 Å². The van der Waals surface area contributed by atoms with Crippen LogP contribution < -0.4 is 15.0 Å². The van der Waals surface area contributed by atoms with Gasteiger partial charge in [-0.15, -0.1) is 13.2 Å². The third kappa shape index (κ3) is 6.21. The molecule has 0 fully saturated rings. The lowest BCUT2D eigenvalue weighted by Crippen LogP contribution is -2.24. The molecular weight excluding hydrogens is 447 g/mol. The average Bonchev–Trinajstić information content (AvgIpc) is 2.69. The first-order valence-corrected chi connectivity index (χ1v) is 9.66. The number of alkyl halides is 3. The van der Waals surface area contributed by atoms with E-state index in [2.05, 4.69) is 15.0 Å². The Hall–Kier alpha value is -3.59. The van der Waals surface area contributed by atoms with Crippen molar-refractivity contribution < 1.29 is 27.5 Å². The third-order valence-corrected chi connectivity index (χ3v) is 4.56. The lowest BCUT2D eigenvalue weighted by molar-refractivity contribution is -0.274. The summed E-state index contributed by atoms with van der Waals surface area (Å²) in [5.74, 6) is -1.21. The summed E-state index contributed by atoms with van der Waals surface area (Å²) in [7, 11) is 0. The summed E-state index contributed by atoms with van der Waals surface area (Å²) in [5, 5.41) is 3.16. The van der Waals surface area contributed by atoms with Crippen molar-refractivity contribution in [3.05, 3.63) is 77.4 Å². The Balaban J connectivity index is 1.83. The van der Waals surface area contributed by atoms with Gasteiger partial charge in [-0.1, -0.05) is 35.9 Å². The van der Waals surface area contributed by atoms with Crippen LogP contribution in [-0.2, 0) is 16.0 Å². The minimum Gasteiger partial charge on any atom is -0.406 e. The van der Waals surface area contributed by atoms with Gasteiger partial charge >= 0.3 is 6.36 Å². The lowest BCUT2D eigenvalue weighted by Gasteiger charge is -2.21. The van der Waals surface area contributed by atoms with Crippen LogP contribution in [0.25, 0.3) is 0 Å². The number of pyridine rings is 1. The maximum atomic E-state index is 12.5. The van der Waals surface area contributed by atoms with E-state index in [-0.39, 0.29) is 23.8 Å². The van der Waals surface area contributed by atoms with E-state index in [1.165, 1.54) is 37.4 Å². The Kier molecular flexibility index (Phi) is 6.99. The van der Waals surface area contributed by atoms with Gasteiger partial charge in [-0.05, 0) is 29.8 Å². The van der Waals surface area contributed by atoms with Crippen LogP contribution in [0.5, 0.6) is 5.75 Å². The fourth-order valence-corrected chi connectivity index (χ4v) is 3.14. The minimum absolute atomic E-state index is 0.0323. The average molecular weight is 464 g/mol. The van der Waals surface area contributed by atoms with Crippen molar-refractivity contribution in [2.24, 2.45) is 0 Å². The molecule has 166 valence electrons. The van der Waals surface area contributed by atoms with E-state index >= 15 is 0 Å². The number of hydrogen-bond donors (Lipinski definition) is 1. The number of amides is 2. The van der Waals surface area contributed by atoms with Crippen LogP contribution in [0.3, 0.4) is 0 Å². The SMILES string of the molecule is CC(=O)N(c1cccc(OC(F)(F)F)c1)c1cc(NC(=O)Cc2ccccc2Cl)ccn1. The molecule has 2 aromatic carbocycles. The van der Waals surface area contributed by atoms with E-state index in [9.17, 15) is 22.8 Å². The Morgan fingerprint density at radius 2 is 1.84 bits per heavy atom. The molecule has 0 bridgehead atoms. The van der Waals surface area contributed by atoms with E-state index in [4.69, 9.17) is 11.6 Å². The highest BCUT2D eigenvalue weighted by molar-refractivity contribution is 6.31. The van der Waals surface area contributed by atoms with Crippen molar-refractivity contribution >= 4 is 40.6 Å². The fraction of sp³-hybridized carbons (Fsp3) is 0.136. The summed E-state index contributed by atoms with van der Waals surface area (Å²) in [4.78, 5) is 29.9. The van der Waals surface area contributed by atoms with Gasteiger partial charge in [0.05, 0.1) is 12.1 Å². The van der Waals surface area contributed by atoms with Gasteiger partial charge in [0.15, 0.2) is 0 Å². The van der Waals surface area contributed by atoms with Crippen molar-refractivity contribution in [1.29, 1.82) is 0 Å². The first-order chi connectivity index (χ1) is 15.1. The highest BCUT2D eigenvalue weighted by atomic mass is 35.5. The van der Waals surface area contributed by atoms with E-state index < -0.39 is 18.0 Å². The van der Waals surface area contributed by atoms with Crippen LogP contribution in [0, 0.1) is 0 Å². The van der Waals surface area contributed by atoms with Gasteiger partial charge in [0.1, 0.15) is 11.6 Å². The second-order valence-electron chi connectivity index (χ2n) is 6.62. The normalized spacial score (nSPS) is 11.0. The van der Waals surface area contributed by atoms with Crippen molar-refractivity contribution in [2.45, 2.75) is 19.7 Å². The van der Waals surface area contributed by atoms with Crippen molar-refractivity contribution in [3.63, 3.8) is 0 Å². The van der Waals surface area contributed by atoms with Crippen molar-refractivity contribution in [3.8, 4) is 5.75 Å². The first-order valence-electron chi connectivity index (χ1n) is 9.28. The molecule has 0 saturated carbocycles. The Morgan fingerprint density at radius 1 is 1.09 bits per heavy atom. The molecule has 0 spiro atoms. The zero-order chi connectivity index (χ0) is 23.3. The molecule has 1 heterocycles. The molecule has 0 saturated heterocycles. The van der Waals surface area contributed by atoms with Gasteiger partial charge < -0.3 is 10.1 Å². The van der Waals surface area contributed by atoms with Crippen LogP contribution in [0.4, 0.5) is 30.4 Å². The van der Waals surface area contributed by atoms with E-state index in [1.54, 1.807) is 24.3 Å². The maximum absolute atomic E-state index is 12.5. The maximum Gasteiger partial charge on any atom is 0.573 e. The zero-order valence-corrected chi connectivity index (χ0v) is 17.4. The molecule has 32 heavy (non-hydrogen) atoms. The van der Waals surface area contributed by atoms with Crippen LogP contribution in [0.1, 0.15) is 12.5 Å². The minimum atomic E-state index is -4.87. The molecule has 0 atom stereocenters. The number of rotatable bonds is 6. The Morgan fingerprint density at radius 3 is 2.53 bits per heavy atom. The van der Waals surface area contributed by atoms with Gasteiger partial charge in [0, 0.05) is 36.0 Å². The molecular formula is C22H17ClF3N3O3. The first kappa shape index (κ1) is 23.1. The molecule has 3 aromatic rings. The van der Waals surface area contributed by atoms with Crippen LogP contribution in [-0.4, -0.2) is 23.2 Å². The number of carbonyl (C=O) groups excluding carboxylic acids is 2. The zero-order valence-electron chi connectivity index (χ0n) is 16.7. The number of benzene rings is 2. The van der Waals surface area contributed by atoms with Crippen molar-refractivity contribution in [1.82, 2.24) is 4.98 Å².